The van der Waals surface area contributed by atoms with Crippen LogP contribution >= 0.6 is 0 Å². The average molecular weight is 236 g/mol. The molecule has 0 aliphatic rings. The van der Waals surface area contributed by atoms with Gasteiger partial charge in [-0.3, -0.25) is 9.78 Å². The summed E-state index contributed by atoms with van der Waals surface area (Å²) < 4.78 is 49.0. The Hall–Kier alpha value is -1.66. The summed E-state index contributed by atoms with van der Waals surface area (Å²) in [6.07, 6.45) is -2.60. The Morgan fingerprint density at radius 3 is 2.62 bits per heavy atom. The van der Waals surface area contributed by atoms with Crippen molar-refractivity contribution in [3.8, 4) is 0 Å². The summed E-state index contributed by atoms with van der Waals surface area (Å²) in [6.45, 7) is -1.42. The number of amides is 1. The summed E-state index contributed by atoms with van der Waals surface area (Å²) in [5.74, 6) is -1.97. The molecule has 3 nitrogen and oxygen atoms in total. The maximum atomic E-state index is 13.0. The van der Waals surface area contributed by atoms with Crippen LogP contribution in [0.2, 0.25) is 0 Å². The summed E-state index contributed by atoms with van der Waals surface area (Å²) in [7, 11) is 0.954. The standard InChI is InChI=1S/C9H8F4N2O/c1-15(5-9(11,12)13)8(16)6-2-3-14-4-7(6)10/h2-4H,5H2,1H3. The first kappa shape index (κ1) is 12.4. The van der Waals surface area contributed by atoms with Crippen LogP contribution in [0.25, 0.3) is 0 Å². The molecule has 1 aromatic heterocycles. The van der Waals surface area contributed by atoms with E-state index in [1.807, 2.05) is 0 Å². The first-order valence-electron chi connectivity index (χ1n) is 4.23. The zero-order chi connectivity index (χ0) is 12.3. The molecule has 0 aliphatic carbocycles. The molecule has 0 radical (unpaired) electrons. The highest BCUT2D eigenvalue weighted by Gasteiger charge is 2.32. The number of halogens is 4. The Balaban J connectivity index is 2.83. The van der Waals surface area contributed by atoms with E-state index in [2.05, 4.69) is 4.98 Å². The van der Waals surface area contributed by atoms with Gasteiger partial charge in [-0.1, -0.05) is 0 Å². The zero-order valence-corrected chi connectivity index (χ0v) is 8.25. The Morgan fingerprint density at radius 1 is 1.50 bits per heavy atom. The van der Waals surface area contributed by atoms with Gasteiger partial charge in [0.1, 0.15) is 6.54 Å². The summed E-state index contributed by atoms with van der Waals surface area (Å²) in [4.78, 5) is 15.2. The topological polar surface area (TPSA) is 33.2 Å². The minimum Gasteiger partial charge on any atom is -0.333 e. The molecule has 88 valence electrons. The van der Waals surface area contributed by atoms with Crippen LogP contribution in [0.1, 0.15) is 10.4 Å². The van der Waals surface area contributed by atoms with Crippen molar-refractivity contribution < 1.29 is 22.4 Å². The van der Waals surface area contributed by atoms with E-state index in [1.165, 1.54) is 0 Å². The van der Waals surface area contributed by atoms with Crippen LogP contribution in [0.5, 0.6) is 0 Å². The molecule has 0 bridgehead atoms. The van der Waals surface area contributed by atoms with Crippen molar-refractivity contribution in [3.63, 3.8) is 0 Å². The number of hydrogen-bond acceptors (Lipinski definition) is 2. The van der Waals surface area contributed by atoms with Crippen LogP contribution in [0, 0.1) is 5.82 Å². The quantitative estimate of drug-likeness (QED) is 0.734. The van der Waals surface area contributed by atoms with E-state index in [0.717, 1.165) is 25.5 Å². The van der Waals surface area contributed by atoms with Gasteiger partial charge in [-0.2, -0.15) is 13.2 Å². The molecule has 0 saturated carbocycles. The lowest BCUT2D eigenvalue weighted by Gasteiger charge is -2.18. The lowest BCUT2D eigenvalue weighted by molar-refractivity contribution is -0.138. The van der Waals surface area contributed by atoms with Crippen LogP contribution in [0.15, 0.2) is 18.5 Å². The molecule has 1 amide bonds. The number of alkyl halides is 3. The molecule has 16 heavy (non-hydrogen) atoms. The first-order chi connectivity index (χ1) is 7.31. The Morgan fingerprint density at radius 2 is 2.12 bits per heavy atom. The third-order valence-electron chi connectivity index (χ3n) is 1.77. The fourth-order valence-corrected chi connectivity index (χ4v) is 1.09. The molecule has 1 rings (SSSR count). The van der Waals surface area contributed by atoms with Crippen LogP contribution in [-0.4, -0.2) is 35.6 Å². The number of hydrogen-bond donors (Lipinski definition) is 0. The predicted octanol–water partition coefficient (Wildman–Crippen LogP) is 1.85. The highest BCUT2D eigenvalue weighted by atomic mass is 19.4. The second-order valence-electron chi connectivity index (χ2n) is 3.13. The van der Waals surface area contributed by atoms with Gasteiger partial charge in [-0.15, -0.1) is 0 Å². The lowest BCUT2D eigenvalue weighted by atomic mass is 10.2. The van der Waals surface area contributed by atoms with Gasteiger partial charge in [0, 0.05) is 13.2 Å². The van der Waals surface area contributed by atoms with Gasteiger partial charge < -0.3 is 4.90 Å². The first-order valence-corrected chi connectivity index (χ1v) is 4.23. The number of nitrogens with zero attached hydrogens (tertiary/aromatic N) is 2. The molecule has 0 aromatic carbocycles. The van der Waals surface area contributed by atoms with Crippen LogP contribution in [-0.2, 0) is 0 Å². The SMILES string of the molecule is CN(CC(F)(F)F)C(=O)c1ccncc1F. The predicted molar refractivity (Wildman–Crippen MR) is 47.2 cm³/mol. The largest absolute Gasteiger partial charge is 0.406 e. The second-order valence-corrected chi connectivity index (χ2v) is 3.13. The van der Waals surface area contributed by atoms with E-state index in [0.29, 0.717) is 4.90 Å². The Kier molecular flexibility index (Phi) is 3.46. The summed E-state index contributed by atoms with van der Waals surface area (Å²) in [5.41, 5.74) is -0.429. The van der Waals surface area contributed by atoms with E-state index in [1.54, 1.807) is 0 Å². The Bertz CT molecular complexity index is 391. The monoisotopic (exact) mass is 236 g/mol. The van der Waals surface area contributed by atoms with Gasteiger partial charge in [0.05, 0.1) is 11.8 Å². The highest BCUT2D eigenvalue weighted by Crippen LogP contribution is 2.17. The molecule has 0 spiro atoms. The van der Waals surface area contributed by atoms with Crippen molar-refractivity contribution >= 4 is 5.91 Å². The third kappa shape index (κ3) is 3.18. The van der Waals surface area contributed by atoms with Gasteiger partial charge in [0.2, 0.25) is 0 Å². The molecule has 0 unspecified atom stereocenters. The molecule has 1 aromatic rings. The van der Waals surface area contributed by atoms with Gasteiger partial charge in [0.25, 0.3) is 5.91 Å². The van der Waals surface area contributed by atoms with Crippen LogP contribution < -0.4 is 0 Å². The average Bonchev–Trinajstić information content (AvgIpc) is 2.15. The molecule has 0 atom stereocenters. The molecule has 0 fully saturated rings. The normalized spacial score (nSPS) is 11.3. The minimum absolute atomic E-state index is 0.401. The van der Waals surface area contributed by atoms with Gasteiger partial charge >= 0.3 is 6.18 Å². The molecule has 0 N–H and O–H groups in total. The fraction of sp³-hybridized carbons (Fsp3) is 0.333. The van der Waals surface area contributed by atoms with Crippen LogP contribution in [0.4, 0.5) is 17.6 Å². The van der Waals surface area contributed by atoms with Crippen molar-refractivity contribution in [2.75, 3.05) is 13.6 Å². The summed E-state index contributed by atoms with van der Waals surface area (Å²) >= 11 is 0. The second kappa shape index (κ2) is 4.46. The van der Waals surface area contributed by atoms with Crippen molar-refractivity contribution in [1.82, 2.24) is 9.88 Å². The van der Waals surface area contributed by atoms with Crippen molar-refractivity contribution in [3.05, 3.63) is 29.8 Å². The van der Waals surface area contributed by atoms with E-state index in [-0.39, 0.29) is 0 Å². The van der Waals surface area contributed by atoms with E-state index in [9.17, 15) is 22.4 Å². The van der Waals surface area contributed by atoms with E-state index >= 15 is 0 Å². The summed E-state index contributed by atoms with van der Waals surface area (Å²) in [6, 6.07) is 1.03. The minimum atomic E-state index is -4.51. The Labute approximate surface area is 88.7 Å². The maximum absolute atomic E-state index is 13.0. The number of pyridine rings is 1. The third-order valence-corrected chi connectivity index (χ3v) is 1.77. The molecular formula is C9H8F4N2O. The molecule has 0 saturated heterocycles. The van der Waals surface area contributed by atoms with Crippen molar-refractivity contribution in [2.45, 2.75) is 6.18 Å². The van der Waals surface area contributed by atoms with Crippen LogP contribution in [0.3, 0.4) is 0 Å². The van der Waals surface area contributed by atoms with E-state index in [4.69, 9.17) is 0 Å². The van der Waals surface area contributed by atoms with E-state index < -0.39 is 30.0 Å². The van der Waals surface area contributed by atoms with Gasteiger partial charge in [-0.05, 0) is 6.07 Å². The van der Waals surface area contributed by atoms with Gasteiger partial charge in [0.15, 0.2) is 5.82 Å². The molecule has 0 aliphatic heterocycles. The smallest absolute Gasteiger partial charge is 0.333 e. The molecular weight excluding hydrogens is 228 g/mol. The fourth-order valence-electron chi connectivity index (χ4n) is 1.09. The number of carbonyl (C=O) groups is 1. The highest BCUT2D eigenvalue weighted by molar-refractivity contribution is 5.94. The number of carbonyl (C=O) groups excluding carboxylic acids is 1. The maximum Gasteiger partial charge on any atom is 0.406 e. The van der Waals surface area contributed by atoms with Crippen molar-refractivity contribution in [1.29, 1.82) is 0 Å². The van der Waals surface area contributed by atoms with Crippen molar-refractivity contribution in [2.24, 2.45) is 0 Å². The number of aromatic nitrogens is 1. The van der Waals surface area contributed by atoms with Gasteiger partial charge in [-0.25, -0.2) is 4.39 Å². The summed E-state index contributed by atoms with van der Waals surface area (Å²) in [5, 5.41) is 0. The zero-order valence-electron chi connectivity index (χ0n) is 8.25. The molecule has 1 heterocycles. The number of rotatable bonds is 2. The molecule has 7 heteroatoms. The lowest BCUT2D eigenvalue weighted by Crippen LogP contribution is -2.36.